The van der Waals surface area contributed by atoms with Gasteiger partial charge in [-0.1, -0.05) is 86.2 Å². The number of hydrogen-bond donors (Lipinski definition) is 2. The Bertz CT molecular complexity index is 3070. The molecule has 0 fully saturated rings. The Kier molecular flexibility index (Phi) is 12.7. The average Bonchev–Trinajstić information content (AvgIpc) is 4.13. The Labute approximate surface area is 383 Å². The van der Waals surface area contributed by atoms with Gasteiger partial charge in [-0.3, -0.25) is 0 Å². The van der Waals surface area contributed by atoms with E-state index in [1.54, 1.807) is 7.11 Å². The van der Waals surface area contributed by atoms with E-state index in [0.717, 1.165) is 113 Å². The van der Waals surface area contributed by atoms with Gasteiger partial charge in [0.05, 0.1) is 36.5 Å². The first-order chi connectivity index (χ1) is 30.3. The molecule has 2 aliphatic heterocycles. The molecule has 0 radical (unpaired) electrons. The molecule has 5 heterocycles. The zero-order chi connectivity index (χ0) is 42.7. The van der Waals surface area contributed by atoms with Crippen molar-refractivity contribution in [2.24, 2.45) is 0 Å². The van der Waals surface area contributed by atoms with E-state index >= 15 is 0 Å². The molecular formula is C56H50N4O2Zn+2. The van der Waals surface area contributed by atoms with Gasteiger partial charge in [0, 0.05) is 49.9 Å². The zero-order valence-electron chi connectivity index (χ0n) is 36.7. The molecule has 63 heavy (non-hydrogen) atoms. The standard InChI is InChI=1S/C56H50N4O2.Zn/c1-7-9-10-11-32-62-43-22-18-41(19-23-43)55-46-25-24-44(57-46)53(39-14-12-38(8-2)13-15-39)48-28-30-50(59-48)56(52-36(4)33-35(3)34-37(52)5)51-31-29-49(60-51)54(45-26-27-47(55)58-45)40-16-20-42(61-6)21-17-40;/h2,12-31,33-34,57,60H,7,9-11,32H2,1,3-6H3;/q;+2. The second kappa shape index (κ2) is 18.7. The topological polar surface area (TPSA) is 75.8 Å². The first-order valence-corrected chi connectivity index (χ1v) is 21.5. The van der Waals surface area contributed by atoms with Crippen LogP contribution in [0.25, 0.3) is 90.9 Å². The van der Waals surface area contributed by atoms with Crippen LogP contribution < -0.4 is 9.47 Å². The van der Waals surface area contributed by atoms with Crippen LogP contribution in [0.3, 0.4) is 0 Å². The van der Waals surface area contributed by atoms with E-state index in [1.807, 2.05) is 24.3 Å². The number of unbranched alkanes of at least 4 members (excludes halogenated alkanes) is 3. The Morgan fingerprint density at radius 1 is 0.524 bits per heavy atom. The summed E-state index contributed by atoms with van der Waals surface area (Å²) in [5.74, 6) is 4.43. The molecule has 7 aromatic rings. The SMILES string of the molecule is C#Cc1ccc(-c2c3nc(c(-c4c(C)cc(C)cc4C)c4ccc([nH]4)c(-c4ccc(OC)cc4)c4nc(c(-c5ccc(OCCCCCC)cc5)c5ccc2[nH]5)C=C4)C=C3)cc1.[Zn+2]. The Hall–Kier alpha value is -6.74. The van der Waals surface area contributed by atoms with Crippen LogP contribution >= 0.6 is 0 Å². The predicted octanol–water partition coefficient (Wildman–Crippen LogP) is 14.2. The third kappa shape index (κ3) is 8.70. The van der Waals surface area contributed by atoms with E-state index in [0.29, 0.717) is 6.61 Å². The molecule has 0 saturated carbocycles. The van der Waals surface area contributed by atoms with E-state index in [-0.39, 0.29) is 19.5 Å². The van der Waals surface area contributed by atoms with Crippen LogP contribution in [0.2, 0.25) is 0 Å². The van der Waals surface area contributed by atoms with E-state index in [9.17, 15) is 0 Å². The Balaban J connectivity index is 0.00000544. The Morgan fingerprint density at radius 3 is 1.40 bits per heavy atom. The molecule has 6 nitrogen and oxygen atoms in total. The predicted molar refractivity (Wildman–Crippen MR) is 259 cm³/mol. The van der Waals surface area contributed by atoms with E-state index in [4.69, 9.17) is 25.9 Å². The normalized spacial score (nSPS) is 11.6. The summed E-state index contributed by atoms with van der Waals surface area (Å²) in [6.07, 6.45) is 19.0. The summed E-state index contributed by atoms with van der Waals surface area (Å²) in [6.45, 7) is 9.46. The molecule has 0 spiro atoms. The fourth-order valence-corrected chi connectivity index (χ4v) is 8.88. The van der Waals surface area contributed by atoms with Crippen LogP contribution in [0.15, 0.2) is 109 Å². The molecule has 8 bridgehead atoms. The summed E-state index contributed by atoms with van der Waals surface area (Å²) in [5, 5.41) is 0. The first kappa shape index (κ1) is 42.9. The number of hydrogen-bond acceptors (Lipinski definition) is 4. The maximum atomic E-state index is 6.18. The number of nitrogens with one attached hydrogen (secondary N) is 2. The number of H-pyrrole nitrogens is 2. The van der Waals surface area contributed by atoms with Crippen molar-refractivity contribution >= 4 is 46.4 Å². The van der Waals surface area contributed by atoms with Gasteiger partial charge in [-0.2, -0.15) is 0 Å². The van der Waals surface area contributed by atoms with Crippen LogP contribution in [0.1, 0.15) is 77.6 Å². The van der Waals surface area contributed by atoms with Gasteiger partial charge in [-0.25, -0.2) is 9.97 Å². The molecule has 0 aliphatic carbocycles. The maximum absolute atomic E-state index is 6.18. The molecule has 0 amide bonds. The third-order valence-corrected chi connectivity index (χ3v) is 11.8. The van der Waals surface area contributed by atoms with Gasteiger partial charge in [0.1, 0.15) is 11.5 Å². The van der Waals surface area contributed by atoms with Crippen molar-refractivity contribution in [2.75, 3.05) is 13.7 Å². The summed E-state index contributed by atoms with van der Waals surface area (Å²) in [6, 6.07) is 37.9. The van der Waals surface area contributed by atoms with Crippen molar-refractivity contribution < 1.29 is 29.0 Å². The average molecular weight is 876 g/mol. The van der Waals surface area contributed by atoms with Gasteiger partial charge in [0.2, 0.25) is 0 Å². The number of nitrogens with zero attached hydrogens (tertiary/aromatic N) is 2. The van der Waals surface area contributed by atoms with Gasteiger partial charge in [-0.15, -0.1) is 6.42 Å². The van der Waals surface area contributed by atoms with Crippen molar-refractivity contribution in [3.05, 3.63) is 154 Å². The second-order valence-corrected chi connectivity index (χ2v) is 16.2. The minimum Gasteiger partial charge on any atom is -0.497 e. The minimum absolute atomic E-state index is 0. The van der Waals surface area contributed by atoms with Crippen molar-refractivity contribution in [1.82, 2.24) is 19.9 Å². The molecule has 2 N–H and O–H groups in total. The van der Waals surface area contributed by atoms with Crippen LogP contribution in [0.5, 0.6) is 11.5 Å². The van der Waals surface area contributed by atoms with Crippen LogP contribution in [-0.2, 0) is 19.5 Å². The van der Waals surface area contributed by atoms with Crippen LogP contribution in [0.4, 0.5) is 0 Å². The first-order valence-electron chi connectivity index (χ1n) is 21.5. The van der Waals surface area contributed by atoms with Crippen molar-refractivity contribution in [1.29, 1.82) is 0 Å². The van der Waals surface area contributed by atoms with E-state index in [1.165, 1.54) is 36.0 Å². The number of fused-ring (bicyclic) bond motifs is 8. The molecule has 0 unspecified atom stereocenters. The largest absolute Gasteiger partial charge is 2.00 e. The van der Waals surface area contributed by atoms with Gasteiger partial charge in [0.25, 0.3) is 0 Å². The zero-order valence-corrected chi connectivity index (χ0v) is 39.7. The van der Waals surface area contributed by atoms with Crippen molar-refractivity contribution in [2.45, 2.75) is 53.4 Å². The smallest absolute Gasteiger partial charge is 0.497 e. The number of ether oxygens (including phenoxy) is 2. The fraction of sp³-hybridized carbons (Fsp3) is 0.179. The minimum atomic E-state index is 0. The summed E-state index contributed by atoms with van der Waals surface area (Å²) in [4.78, 5) is 18.7. The number of aromatic amines is 2. The molecule has 0 atom stereocenters. The molecular weight excluding hydrogens is 826 g/mol. The fourth-order valence-electron chi connectivity index (χ4n) is 8.88. The molecule has 306 valence electrons. The Morgan fingerprint density at radius 2 is 0.952 bits per heavy atom. The quantitative estimate of drug-likeness (QED) is 0.0771. The summed E-state index contributed by atoms with van der Waals surface area (Å²) < 4.78 is 11.8. The van der Waals surface area contributed by atoms with E-state index < -0.39 is 0 Å². The second-order valence-electron chi connectivity index (χ2n) is 16.2. The molecule has 7 heteroatoms. The third-order valence-electron chi connectivity index (χ3n) is 11.8. The summed E-state index contributed by atoms with van der Waals surface area (Å²) >= 11 is 0. The van der Waals surface area contributed by atoms with Gasteiger partial charge in [-0.05, 0) is 146 Å². The number of benzene rings is 4. The number of aryl methyl sites for hydroxylation is 3. The molecule has 4 aromatic carbocycles. The summed E-state index contributed by atoms with van der Waals surface area (Å²) in [5.41, 5.74) is 19.8. The number of rotatable bonds is 11. The van der Waals surface area contributed by atoms with Gasteiger partial charge >= 0.3 is 19.5 Å². The number of terminal acetylenes is 1. The van der Waals surface area contributed by atoms with Crippen molar-refractivity contribution in [3.8, 4) is 68.4 Å². The molecule has 9 rings (SSSR count). The summed E-state index contributed by atoms with van der Waals surface area (Å²) in [7, 11) is 1.69. The van der Waals surface area contributed by atoms with Crippen LogP contribution in [0, 0.1) is 33.1 Å². The van der Waals surface area contributed by atoms with Crippen molar-refractivity contribution in [3.63, 3.8) is 0 Å². The van der Waals surface area contributed by atoms with E-state index in [2.05, 4.69) is 153 Å². The van der Waals surface area contributed by atoms with Gasteiger partial charge < -0.3 is 19.4 Å². The molecule has 0 saturated heterocycles. The molecule has 3 aromatic heterocycles. The van der Waals surface area contributed by atoms with Crippen LogP contribution in [-0.4, -0.2) is 33.7 Å². The molecule has 2 aliphatic rings. The number of aromatic nitrogens is 4. The number of methoxy groups -OCH3 is 1. The monoisotopic (exact) mass is 874 g/mol. The maximum Gasteiger partial charge on any atom is 2.00 e. The van der Waals surface area contributed by atoms with Gasteiger partial charge in [0.15, 0.2) is 0 Å².